The van der Waals surface area contributed by atoms with E-state index < -0.39 is 5.60 Å². The number of hydrogen-bond acceptors (Lipinski definition) is 3. The minimum Gasteiger partial charge on any atom is -0.444 e. The number of hydrogen-bond donors (Lipinski definition) is 2. The maximum absolute atomic E-state index is 12.2. The van der Waals surface area contributed by atoms with Crippen LogP contribution < -0.4 is 10.6 Å². The van der Waals surface area contributed by atoms with Gasteiger partial charge in [0.15, 0.2) is 5.96 Å². The molecule has 1 aliphatic rings. The molecule has 0 spiro atoms. The lowest BCUT2D eigenvalue weighted by atomic mass is 9.93. The van der Waals surface area contributed by atoms with Crippen LogP contribution in [0.25, 0.3) is 0 Å². The van der Waals surface area contributed by atoms with Crippen LogP contribution in [0.2, 0.25) is 0 Å². The minimum absolute atomic E-state index is 0. The summed E-state index contributed by atoms with van der Waals surface area (Å²) in [6, 6.07) is 0. The Morgan fingerprint density at radius 2 is 1.71 bits per heavy atom. The molecular formula is C17H35IN4O2. The number of rotatable bonds is 5. The van der Waals surface area contributed by atoms with E-state index in [1.54, 1.807) is 0 Å². The van der Waals surface area contributed by atoms with Crippen LogP contribution in [0, 0.1) is 0 Å². The summed E-state index contributed by atoms with van der Waals surface area (Å²) in [5.74, 6) is 0.916. The van der Waals surface area contributed by atoms with E-state index in [1.807, 2.05) is 27.8 Å². The fraction of sp³-hybridized carbons (Fsp3) is 0.882. The molecular weight excluding hydrogens is 419 g/mol. The lowest BCUT2D eigenvalue weighted by Gasteiger charge is -2.35. The Morgan fingerprint density at radius 3 is 2.12 bits per heavy atom. The van der Waals surface area contributed by atoms with Crippen molar-refractivity contribution in [3.8, 4) is 0 Å². The monoisotopic (exact) mass is 454 g/mol. The lowest BCUT2D eigenvalue weighted by Crippen LogP contribution is -2.57. The van der Waals surface area contributed by atoms with Crippen LogP contribution in [0.4, 0.5) is 4.79 Å². The molecule has 1 fully saturated rings. The fourth-order valence-electron chi connectivity index (χ4n) is 2.75. The number of carbonyl (C=O) groups excluding carboxylic acids is 1. The van der Waals surface area contributed by atoms with Gasteiger partial charge in [-0.2, -0.15) is 0 Å². The third kappa shape index (κ3) is 7.44. The van der Waals surface area contributed by atoms with E-state index in [2.05, 4.69) is 34.4 Å². The van der Waals surface area contributed by atoms with Crippen molar-refractivity contribution in [2.75, 3.05) is 26.7 Å². The molecule has 0 unspecified atom stereocenters. The van der Waals surface area contributed by atoms with Gasteiger partial charge in [0.25, 0.3) is 0 Å². The highest BCUT2D eigenvalue weighted by molar-refractivity contribution is 14.0. The normalized spacial score (nSPS) is 15.8. The zero-order chi connectivity index (χ0) is 17.5. The summed E-state index contributed by atoms with van der Waals surface area (Å²) in [6.45, 7) is 12.5. The number of nitrogens with zero attached hydrogens (tertiary/aromatic N) is 2. The lowest BCUT2D eigenvalue weighted by molar-refractivity contribution is 0.0448. The van der Waals surface area contributed by atoms with Crippen molar-refractivity contribution in [1.82, 2.24) is 15.5 Å². The average Bonchev–Trinajstić information content (AvgIpc) is 2.99. The summed E-state index contributed by atoms with van der Waals surface area (Å²) >= 11 is 0. The number of alkyl carbamates (subject to hydrolysis) is 1. The van der Waals surface area contributed by atoms with Gasteiger partial charge in [-0.25, -0.2) is 4.79 Å². The highest BCUT2D eigenvalue weighted by Gasteiger charge is 2.31. The van der Waals surface area contributed by atoms with Gasteiger partial charge in [-0.15, -0.1) is 24.0 Å². The van der Waals surface area contributed by atoms with E-state index in [4.69, 9.17) is 4.74 Å². The molecule has 1 rings (SSSR count). The average molecular weight is 454 g/mol. The molecule has 24 heavy (non-hydrogen) atoms. The predicted molar refractivity (Wildman–Crippen MR) is 110 cm³/mol. The Kier molecular flexibility index (Phi) is 9.99. The summed E-state index contributed by atoms with van der Waals surface area (Å²) in [7, 11) is 1.81. The second kappa shape index (κ2) is 10.3. The fourth-order valence-corrected chi connectivity index (χ4v) is 2.75. The molecule has 0 saturated carbocycles. The Bertz CT molecular complexity index is 411. The smallest absolute Gasteiger partial charge is 0.408 e. The number of nitrogens with one attached hydrogen (secondary N) is 2. The van der Waals surface area contributed by atoms with Gasteiger partial charge in [0.1, 0.15) is 5.60 Å². The van der Waals surface area contributed by atoms with Crippen molar-refractivity contribution in [2.45, 2.75) is 71.4 Å². The van der Waals surface area contributed by atoms with Gasteiger partial charge in [-0.05, 0) is 46.5 Å². The highest BCUT2D eigenvalue weighted by Crippen LogP contribution is 2.17. The van der Waals surface area contributed by atoms with Crippen molar-refractivity contribution < 1.29 is 9.53 Å². The molecule has 7 heteroatoms. The molecule has 1 aliphatic heterocycles. The molecule has 0 aliphatic carbocycles. The Balaban J connectivity index is 0.00000529. The van der Waals surface area contributed by atoms with Gasteiger partial charge in [-0.3, -0.25) is 4.99 Å². The van der Waals surface area contributed by atoms with Gasteiger partial charge in [0.2, 0.25) is 0 Å². The van der Waals surface area contributed by atoms with Crippen LogP contribution in [0.5, 0.6) is 0 Å². The third-order valence-corrected chi connectivity index (χ3v) is 4.32. The molecule has 2 N–H and O–H groups in total. The second-order valence-electron chi connectivity index (χ2n) is 7.21. The number of amides is 1. The first-order valence-electron chi connectivity index (χ1n) is 8.72. The zero-order valence-corrected chi connectivity index (χ0v) is 18.4. The van der Waals surface area contributed by atoms with E-state index >= 15 is 0 Å². The second-order valence-corrected chi connectivity index (χ2v) is 7.21. The highest BCUT2D eigenvalue weighted by atomic mass is 127. The van der Waals surface area contributed by atoms with Gasteiger partial charge in [0, 0.05) is 26.7 Å². The number of carbonyl (C=O) groups is 1. The summed E-state index contributed by atoms with van der Waals surface area (Å²) in [5, 5.41) is 6.49. The van der Waals surface area contributed by atoms with Crippen molar-refractivity contribution in [3.63, 3.8) is 0 Å². The first kappa shape index (κ1) is 23.3. The van der Waals surface area contributed by atoms with E-state index in [0.29, 0.717) is 6.54 Å². The van der Waals surface area contributed by atoms with Crippen LogP contribution in [-0.2, 0) is 4.74 Å². The van der Waals surface area contributed by atoms with Crippen LogP contribution >= 0.6 is 24.0 Å². The Morgan fingerprint density at radius 1 is 1.17 bits per heavy atom. The largest absolute Gasteiger partial charge is 0.444 e. The molecule has 0 bridgehead atoms. The minimum atomic E-state index is -0.490. The van der Waals surface area contributed by atoms with Crippen LogP contribution in [0.3, 0.4) is 0 Å². The molecule has 0 aromatic carbocycles. The maximum atomic E-state index is 12.2. The molecule has 0 aromatic heterocycles. The van der Waals surface area contributed by atoms with Crippen LogP contribution in [-0.4, -0.2) is 54.8 Å². The Labute approximate surface area is 164 Å². The zero-order valence-electron chi connectivity index (χ0n) is 16.1. The number of ether oxygens (including phenoxy) is 1. The first-order chi connectivity index (χ1) is 10.7. The van der Waals surface area contributed by atoms with Gasteiger partial charge >= 0.3 is 6.09 Å². The molecule has 0 atom stereocenters. The molecule has 1 heterocycles. The molecule has 142 valence electrons. The van der Waals surface area contributed by atoms with E-state index in [1.165, 1.54) is 12.8 Å². The SMILES string of the molecule is CCC(CC)(CNC(=NC)N1CCCC1)NC(=O)OC(C)(C)C.I. The molecule has 0 aromatic rings. The quantitative estimate of drug-likeness (QED) is 0.380. The van der Waals surface area contributed by atoms with E-state index in [9.17, 15) is 4.79 Å². The topological polar surface area (TPSA) is 66.0 Å². The number of aliphatic imine (C=N–C) groups is 1. The summed E-state index contributed by atoms with van der Waals surface area (Å²) in [4.78, 5) is 18.8. The van der Waals surface area contributed by atoms with E-state index in [-0.39, 0.29) is 35.6 Å². The van der Waals surface area contributed by atoms with Crippen LogP contribution in [0.1, 0.15) is 60.3 Å². The van der Waals surface area contributed by atoms with E-state index in [0.717, 1.165) is 31.9 Å². The van der Waals surface area contributed by atoms with Gasteiger partial charge in [-0.1, -0.05) is 13.8 Å². The standard InChI is InChI=1S/C17H34N4O2.HI/c1-7-17(8-2,20-15(22)23-16(3,4)5)13-19-14(18-6)21-11-9-10-12-21;/h7-13H2,1-6H3,(H,18,19)(H,20,22);1H. The molecule has 1 saturated heterocycles. The summed E-state index contributed by atoms with van der Waals surface area (Å²) in [5.41, 5.74) is -0.825. The first-order valence-corrected chi connectivity index (χ1v) is 8.72. The molecule has 6 nitrogen and oxygen atoms in total. The molecule has 1 amide bonds. The summed E-state index contributed by atoms with van der Waals surface area (Å²) < 4.78 is 5.41. The number of halogens is 1. The predicted octanol–water partition coefficient (Wildman–Crippen LogP) is 3.36. The van der Waals surface area contributed by atoms with Crippen molar-refractivity contribution >= 4 is 36.0 Å². The maximum Gasteiger partial charge on any atom is 0.408 e. The van der Waals surface area contributed by atoms with Crippen molar-refractivity contribution in [3.05, 3.63) is 0 Å². The summed E-state index contributed by atoms with van der Waals surface area (Å²) in [6.07, 6.45) is 3.71. The number of guanidine groups is 1. The van der Waals surface area contributed by atoms with Gasteiger partial charge < -0.3 is 20.3 Å². The number of likely N-dealkylation sites (tertiary alicyclic amines) is 1. The molecule has 0 radical (unpaired) electrons. The van der Waals surface area contributed by atoms with Crippen molar-refractivity contribution in [1.29, 1.82) is 0 Å². The third-order valence-electron chi connectivity index (χ3n) is 4.32. The Hall–Kier alpha value is -0.730. The van der Waals surface area contributed by atoms with Gasteiger partial charge in [0.05, 0.1) is 5.54 Å². The van der Waals surface area contributed by atoms with Crippen LogP contribution in [0.15, 0.2) is 4.99 Å². The van der Waals surface area contributed by atoms with Crippen molar-refractivity contribution in [2.24, 2.45) is 4.99 Å².